The van der Waals surface area contributed by atoms with Crippen LogP contribution in [0.1, 0.15) is 0 Å². The zero-order valence-corrected chi connectivity index (χ0v) is 7.21. The molecule has 4 nitrogen and oxygen atoms in total. The molecule has 0 unspecified atom stereocenters. The van der Waals surface area contributed by atoms with Gasteiger partial charge < -0.3 is 0 Å². The Morgan fingerprint density at radius 3 is 2.56 bits per heavy atom. The average Bonchev–Trinajstić information content (AvgIpc) is 1.80. The fraction of sp³-hybridized carbons (Fsp3) is 0. The van der Waals surface area contributed by atoms with Crippen molar-refractivity contribution < 1.29 is 24.7 Å². The van der Waals surface area contributed by atoms with Gasteiger partial charge in [-0.25, -0.2) is 0 Å². The van der Waals surface area contributed by atoms with Gasteiger partial charge in [0.1, 0.15) is 0 Å². The first-order valence-electron chi connectivity index (χ1n) is 2.17. The molecule has 0 saturated heterocycles. The molecule has 9 heavy (non-hydrogen) atoms. The predicted octanol–water partition coefficient (Wildman–Crippen LogP) is -1.76. The van der Waals surface area contributed by atoms with Crippen LogP contribution in [0.25, 0.3) is 0 Å². The monoisotopic (exact) mass is 321 g/mol. The zero-order valence-electron chi connectivity index (χ0n) is 4.27. The van der Waals surface area contributed by atoms with Crippen molar-refractivity contribution in [3.05, 3.63) is 27.0 Å². The van der Waals surface area contributed by atoms with Crippen LogP contribution in [0.15, 0.2) is 15.8 Å². The fourth-order valence-corrected chi connectivity index (χ4v) is 0.789. The Hall–Kier alpha value is -0.437. The standard InChI is InChI=1S/C4H3AtN2O2/c5-2-1-6-4(9)7-3(2)8/h1H,(H2,6,7,8,9). The average molecular weight is 321 g/mol. The van der Waals surface area contributed by atoms with Gasteiger partial charge in [0.05, 0.1) is 0 Å². The van der Waals surface area contributed by atoms with Crippen molar-refractivity contribution in [2.24, 2.45) is 0 Å². The number of aromatic amines is 2. The molecule has 0 bridgehead atoms. The third-order valence-electron chi connectivity index (χ3n) is 0.774. The molecule has 1 aromatic rings. The van der Waals surface area contributed by atoms with E-state index in [0.29, 0.717) is 3.27 Å². The van der Waals surface area contributed by atoms with Crippen LogP contribution in [0.3, 0.4) is 0 Å². The zero-order chi connectivity index (χ0) is 6.85. The molecule has 0 aliphatic heterocycles. The van der Waals surface area contributed by atoms with Crippen LogP contribution < -0.4 is 14.5 Å². The van der Waals surface area contributed by atoms with Gasteiger partial charge >= 0.3 is 65.0 Å². The minimum atomic E-state index is -0.458. The summed E-state index contributed by atoms with van der Waals surface area (Å²) in [5.41, 5.74) is -0.768. The molecule has 0 spiro atoms. The van der Waals surface area contributed by atoms with Gasteiger partial charge in [-0.1, -0.05) is 0 Å². The van der Waals surface area contributed by atoms with Crippen LogP contribution >= 0.6 is 0 Å². The van der Waals surface area contributed by atoms with Gasteiger partial charge in [-0.2, -0.15) is 0 Å². The van der Waals surface area contributed by atoms with Crippen LogP contribution in [0.2, 0.25) is 0 Å². The quantitative estimate of drug-likeness (QED) is 0.595. The van der Waals surface area contributed by atoms with E-state index in [-0.39, 0.29) is 5.56 Å². The summed E-state index contributed by atoms with van der Waals surface area (Å²) in [6, 6.07) is 0. The van der Waals surface area contributed by atoms with Crippen molar-refractivity contribution in [3.63, 3.8) is 0 Å². The van der Waals surface area contributed by atoms with E-state index in [4.69, 9.17) is 0 Å². The summed E-state index contributed by atoms with van der Waals surface area (Å²) in [5.74, 6) is 0. The molecular weight excluding hydrogens is 318 g/mol. The topological polar surface area (TPSA) is 65.7 Å². The molecule has 5 heteroatoms. The number of nitrogens with one attached hydrogen (secondary N) is 2. The molecule has 1 heterocycles. The van der Waals surface area contributed by atoms with Crippen molar-refractivity contribution in [3.8, 4) is 0 Å². The molecule has 1 rings (SSSR count). The van der Waals surface area contributed by atoms with Crippen molar-refractivity contribution >= 4 is 3.27 Å². The Bertz CT molecular complexity index is 313. The Labute approximate surface area is 65.2 Å². The number of hydrogen-bond acceptors (Lipinski definition) is 2. The van der Waals surface area contributed by atoms with E-state index in [9.17, 15) is 9.59 Å². The molecule has 0 aliphatic carbocycles. The molecule has 1 aromatic heterocycles. The van der Waals surface area contributed by atoms with E-state index < -0.39 is 5.69 Å². The molecule has 0 fully saturated rings. The Kier molecular flexibility index (Phi) is 1.81. The van der Waals surface area contributed by atoms with Gasteiger partial charge in [-0.15, -0.1) is 0 Å². The third-order valence-corrected chi connectivity index (χ3v) is 1.87. The number of H-pyrrole nitrogens is 2. The second-order valence-corrected chi connectivity index (χ2v) is 3.00. The SMILES string of the molecule is O=c1[nH]cc([At])c(=O)[nH]1. The molecular formula is C4H3AtN2O2. The molecule has 2 N–H and O–H groups in total. The number of rotatable bonds is 0. The normalized spacial score (nSPS) is 9.44. The van der Waals surface area contributed by atoms with Gasteiger partial charge in [0.25, 0.3) is 0 Å². The van der Waals surface area contributed by atoms with Gasteiger partial charge in [0, 0.05) is 0 Å². The van der Waals surface area contributed by atoms with Crippen LogP contribution in [-0.4, -0.2) is 9.97 Å². The van der Waals surface area contributed by atoms with E-state index in [1.165, 1.54) is 30.9 Å². The maximum absolute atomic E-state index is 10.6. The third kappa shape index (κ3) is 1.48. The van der Waals surface area contributed by atoms with Gasteiger partial charge in [0.2, 0.25) is 0 Å². The van der Waals surface area contributed by atoms with Crippen LogP contribution in [-0.2, 0) is 0 Å². The van der Waals surface area contributed by atoms with Crippen LogP contribution in [0.4, 0.5) is 0 Å². The van der Waals surface area contributed by atoms with Crippen molar-refractivity contribution in [1.29, 1.82) is 0 Å². The molecule has 0 saturated carbocycles. The summed E-state index contributed by atoms with van der Waals surface area (Å²) < 4.78 is 0.564. The summed E-state index contributed by atoms with van der Waals surface area (Å²) in [7, 11) is 0. The Morgan fingerprint density at radius 1 is 1.44 bits per heavy atom. The summed E-state index contributed by atoms with van der Waals surface area (Å²) >= 11 is 1.24. The predicted molar refractivity (Wildman–Crippen MR) is 27.3 cm³/mol. The molecule has 0 aliphatic rings. The van der Waals surface area contributed by atoms with E-state index in [1.807, 2.05) is 0 Å². The second-order valence-electron chi connectivity index (χ2n) is 1.42. The second kappa shape index (κ2) is 2.44. The van der Waals surface area contributed by atoms with Gasteiger partial charge in [-0.3, -0.25) is 0 Å². The maximum atomic E-state index is 10.6. The molecule has 0 radical (unpaired) electrons. The van der Waals surface area contributed by atoms with Crippen molar-refractivity contribution in [2.75, 3.05) is 0 Å². The molecule has 0 amide bonds. The Balaban J connectivity index is 3.52. The van der Waals surface area contributed by atoms with Gasteiger partial charge in [0.15, 0.2) is 0 Å². The van der Waals surface area contributed by atoms with Gasteiger partial charge in [-0.05, 0) is 0 Å². The number of hydrogen-bond donors (Lipinski definition) is 2. The summed E-state index contributed by atoms with van der Waals surface area (Å²) in [5, 5.41) is 0. The fourth-order valence-electron chi connectivity index (χ4n) is 0.393. The first kappa shape index (κ1) is 6.68. The summed E-state index contributed by atoms with van der Waals surface area (Å²) in [4.78, 5) is 25.3. The van der Waals surface area contributed by atoms with Crippen molar-refractivity contribution in [1.82, 2.24) is 9.97 Å². The molecule has 0 atom stereocenters. The first-order valence-corrected chi connectivity index (χ1v) is 3.64. The van der Waals surface area contributed by atoms with E-state index in [0.717, 1.165) is 0 Å². The minimum absolute atomic E-state index is 0.310. The number of aromatic nitrogens is 2. The van der Waals surface area contributed by atoms with Crippen LogP contribution in [0.5, 0.6) is 0 Å². The summed E-state index contributed by atoms with van der Waals surface area (Å²) in [6.07, 6.45) is 1.40. The van der Waals surface area contributed by atoms with Crippen LogP contribution in [0, 0.1) is 24.7 Å². The first-order chi connectivity index (χ1) is 4.20. The molecule has 0 aromatic carbocycles. The summed E-state index contributed by atoms with van der Waals surface area (Å²) in [6.45, 7) is 0. The molecule has 48 valence electrons. The van der Waals surface area contributed by atoms with E-state index >= 15 is 0 Å². The van der Waals surface area contributed by atoms with Crippen molar-refractivity contribution in [2.45, 2.75) is 0 Å². The van der Waals surface area contributed by atoms with E-state index in [1.54, 1.807) is 0 Å². The van der Waals surface area contributed by atoms with E-state index in [2.05, 4.69) is 9.97 Å². The Morgan fingerprint density at radius 2 is 2.11 bits per heavy atom.